The molecule has 0 fully saturated rings. The predicted molar refractivity (Wildman–Crippen MR) is 87.0 cm³/mol. The zero-order valence-corrected chi connectivity index (χ0v) is 13.4. The fraction of sp³-hybridized carbons (Fsp3) is 0.278. The van der Waals surface area contributed by atoms with E-state index in [4.69, 9.17) is 0 Å². The van der Waals surface area contributed by atoms with Crippen LogP contribution in [0.3, 0.4) is 0 Å². The van der Waals surface area contributed by atoms with Gasteiger partial charge in [-0.15, -0.1) is 0 Å². The van der Waals surface area contributed by atoms with Gasteiger partial charge < -0.3 is 10.6 Å². The number of hydrogen-bond acceptors (Lipinski definition) is 2. The second-order valence-corrected chi connectivity index (χ2v) is 5.83. The van der Waals surface area contributed by atoms with Crippen LogP contribution in [0.15, 0.2) is 42.5 Å². The van der Waals surface area contributed by atoms with Crippen LogP contribution in [0.25, 0.3) is 0 Å². The van der Waals surface area contributed by atoms with Crippen molar-refractivity contribution < 1.29 is 18.0 Å². The summed E-state index contributed by atoms with van der Waals surface area (Å²) in [7, 11) is 0. The summed E-state index contributed by atoms with van der Waals surface area (Å²) in [6, 6.07) is 8.69. The second kappa shape index (κ2) is 7.97. The van der Waals surface area contributed by atoms with Gasteiger partial charge in [-0.05, 0) is 35.7 Å². The van der Waals surface area contributed by atoms with E-state index in [-0.39, 0.29) is 30.0 Å². The number of anilines is 1. The Morgan fingerprint density at radius 1 is 1.00 bits per heavy atom. The highest BCUT2D eigenvalue weighted by Crippen LogP contribution is 2.22. The molecule has 1 amide bonds. The number of amides is 1. The van der Waals surface area contributed by atoms with Gasteiger partial charge in [-0.1, -0.05) is 26.0 Å². The first-order valence-electron chi connectivity index (χ1n) is 7.60. The first-order chi connectivity index (χ1) is 11.4. The van der Waals surface area contributed by atoms with Crippen molar-refractivity contribution in [3.63, 3.8) is 0 Å². The Morgan fingerprint density at radius 2 is 1.62 bits per heavy atom. The summed E-state index contributed by atoms with van der Waals surface area (Å²) in [6.45, 7) is 3.84. The van der Waals surface area contributed by atoms with Crippen LogP contribution >= 0.6 is 0 Å². The fourth-order valence-electron chi connectivity index (χ4n) is 2.40. The van der Waals surface area contributed by atoms with E-state index in [1.54, 1.807) is 12.1 Å². The minimum Gasteiger partial charge on any atom is -0.322 e. The van der Waals surface area contributed by atoms with Gasteiger partial charge in [-0.2, -0.15) is 0 Å². The van der Waals surface area contributed by atoms with Crippen molar-refractivity contribution in [3.05, 3.63) is 65.5 Å². The molecule has 0 saturated carbocycles. The summed E-state index contributed by atoms with van der Waals surface area (Å²) in [5.41, 5.74) is 0.640. The fourth-order valence-corrected chi connectivity index (χ4v) is 2.40. The van der Waals surface area contributed by atoms with Crippen LogP contribution in [0.2, 0.25) is 0 Å². The molecule has 0 aliphatic carbocycles. The predicted octanol–water partition coefficient (Wildman–Crippen LogP) is 4.03. The van der Waals surface area contributed by atoms with Gasteiger partial charge in [-0.25, -0.2) is 13.2 Å². The lowest BCUT2D eigenvalue weighted by atomic mass is 9.96. The van der Waals surface area contributed by atoms with E-state index >= 15 is 0 Å². The third-order valence-electron chi connectivity index (χ3n) is 3.58. The lowest BCUT2D eigenvalue weighted by Crippen LogP contribution is -2.33. The van der Waals surface area contributed by atoms with E-state index in [9.17, 15) is 18.0 Å². The minimum absolute atomic E-state index is 0.0871. The lowest BCUT2D eigenvalue weighted by molar-refractivity contribution is -0.115. The molecule has 2 N–H and O–H groups in total. The average molecular weight is 336 g/mol. The number of benzene rings is 2. The third kappa shape index (κ3) is 4.83. The molecule has 3 nitrogen and oxygen atoms in total. The summed E-state index contributed by atoms with van der Waals surface area (Å²) >= 11 is 0. The topological polar surface area (TPSA) is 41.1 Å². The Morgan fingerprint density at radius 3 is 2.25 bits per heavy atom. The molecule has 0 aromatic heterocycles. The molecular formula is C18H19F3N2O. The summed E-state index contributed by atoms with van der Waals surface area (Å²) < 4.78 is 39.7. The number of halogens is 3. The second-order valence-electron chi connectivity index (χ2n) is 5.83. The molecule has 24 heavy (non-hydrogen) atoms. The summed E-state index contributed by atoms with van der Waals surface area (Å²) in [4.78, 5) is 12.0. The molecule has 0 saturated heterocycles. The standard InChI is InChI=1S/C18H19F3N2O/c1-11(2)18(12-3-5-13(19)6-4-12)22-10-17(24)23-16-9-14(20)7-8-15(16)21/h3-9,11,18,22H,10H2,1-2H3,(H,23,24)/t18-/m1/s1. The minimum atomic E-state index is -0.705. The first kappa shape index (κ1) is 18.0. The highest BCUT2D eigenvalue weighted by molar-refractivity contribution is 5.92. The van der Waals surface area contributed by atoms with E-state index in [2.05, 4.69) is 10.6 Å². The molecule has 1 atom stereocenters. The average Bonchev–Trinajstić information content (AvgIpc) is 2.52. The smallest absolute Gasteiger partial charge is 0.238 e. The molecule has 0 unspecified atom stereocenters. The molecule has 0 bridgehead atoms. The van der Waals surface area contributed by atoms with Gasteiger partial charge in [0.2, 0.25) is 5.91 Å². The molecule has 0 aliphatic heterocycles. The van der Waals surface area contributed by atoms with Crippen molar-refractivity contribution in [2.75, 3.05) is 11.9 Å². The van der Waals surface area contributed by atoms with E-state index < -0.39 is 17.5 Å². The molecule has 2 aromatic rings. The number of rotatable bonds is 6. The Hall–Kier alpha value is -2.34. The van der Waals surface area contributed by atoms with Crippen molar-refractivity contribution >= 4 is 11.6 Å². The molecular weight excluding hydrogens is 317 g/mol. The van der Waals surface area contributed by atoms with Gasteiger partial charge in [0.05, 0.1) is 12.2 Å². The van der Waals surface area contributed by atoms with Crippen molar-refractivity contribution in [2.45, 2.75) is 19.9 Å². The highest BCUT2D eigenvalue weighted by atomic mass is 19.1. The summed E-state index contributed by atoms with van der Waals surface area (Å²) in [5, 5.41) is 5.39. The molecule has 0 aliphatic rings. The summed E-state index contributed by atoms with van der Waals surface area (Å²) in [5.74, 6) is -2.02. The highest BCUT2D eigenvalue weighted by Gasteiger charge is 2.17. The Bertz CT molecular complexity index is 702. The maximum atomic E-state index is 13.5. The van der Waals surface area contributed by atoms with Gasteiger partial charge in [0.25, 0.3) is 0 Å². The molecule has 2 aromatic carbocycles. The first-order valence-corrected chi connectivity index (χ1v) is 7.60. The lowest BCUT2D eigenvalue weighted by Gasteiger charge is -2.23. The maximum absolute atomic E-state index is 13.5. The van der Waals surface area contributed by atoms with Gasteiger partial charge in [-0.3, -0.25) is 4.79 Å². The maximum Gasteiger partial charge on any atom is 0.238 e. The monoisotopic (exact) mass is 336 g/mol. The van der Waals surface area contributed by atoms with Crippen molar-refractivity contribution in [1.82, 2.24) is 5.32 Å². The van der Waals surface area contributed by atoms with Gasteiger partial charge in [0.1, 0.15) is 17.5 Å². The van der Waals surface area contributed by atoms with Gasteiger partial charge in [0.15, 0.2) is 0 Å². The summed E-state index contributed by atoms with van der Waals surface area (Å²) in [6.07, 6.45) is 0. The quantitative estimate of drug-likeness (QED) is 0.836. The number of carbonyl (C=O) groups excluding carboxylic acids is 1. The van der Waals surface area contributed by atoms with Crippen LogP contribution in [0.1, 0.15) is 25.5 Å². The third-order valence-corrected chi connectivity index (χ3v) is 3.58. The van der Waals surface area contributed by atoms with Crippen molar-refractivity contribution in [2.24, 2.45) is 5.92 Å². The molecule has 2 rings (SSSR count). The number of nitrogens with one attached hydrogen (secondary N) is 2. The van der Waals surface area contributed by atoms with Crippen LogP contribution < -0.4 is 10.6 Å². The van der Waals surface area contributed by atoms with E-state index in [1.807, 2.05) is 13.8 Å². The molecule has 6 heteroatoms. The molecule has 0 radical (unpaired) electrons. The SMILES string of the molecule is CC(C)[C@@H](NCC(=O)Nc1cc(F)ccc1F)c1ccc(F)cc1. The van der Waals surface area contributed by atoms with E-state index in [1.165, 1.54) is 12.1 Å². The largest absolute Gasteiger partial charge is 0.322 e. The Kier molecular flexibility index (Phi) is 5.98. The van der Waals surface area contributed by atoms with E-state index in [0.29, 0.717) is 0 Å². The zero-order valence-electron chi connectivity index (χ0n) is 13.4. The zero-order chi connectivity index (χ0) is 17.7. The Balaban J connectivity index is 2.00. The van der Waals surface area contributed by atoms with Crippen LogP contribution in [-0.4, -0.2) is 12.5 Å². The van der Waals surface area contributed by atoms with Crippen LogP contribution in [-0.2, 0) is 4.79 Å². The van der Waals surface area contributed by atoms with Crippen molar-refractivity contribution in [3.8, 4) is 0 Å². The molecule has 0 heterocycles. The number of carbonyl (C=O) groups is 1. The van der Waals surface area contributed by atoms with Crippen LogP contribution in [0.5, 0.6) is 0 Å². The Labute approximate surface area is 138 Å². The molecule has 0 spiro atoms. The molecule has 128 valence electrons. The van der Waals surface area contributed by atoms with Crippen LogP contribution in [0.4, 0.5) is 18.9 Å². The number of hydrogen-bond donors (Lipinski definition) is 2. The van der Waals surface area contributed by atoms with Gasteiger partial charge >= 0.3 is 0 Å². The normalized spacial score (nSPS) is 12.2. The van der Waals surface area contributed by atoms with Crippen molar-refractivity contribution in [1.29, 1.82) is 0 Å². The van der Waals surface area contributed by atoms with E-state index in [0.717, 1.165) is 23.8 Å². The van der Waals surface area contributed by atoms with Crippen LogP contribution in [0, 0.1) is 23.4 Å². The van der Waals surface area contributed by atoms with Gasteiger partial charge in [0, 0.05) is 12.1 Å².